The third kappa shape index (κ3) is 4.38. The fraction of sp³-hybridized carbons (Fsp3) is 0.586. The zero-order chi connectivity index (χ0) is 25.8. The Morgan fingerprint density at radius 2 is 1.86 bits per heavy atom. The first-order valence-corrected chi connectivity index (χ1v) is 14.4. The predicted octanol–water partition coefficient (Wildman–Crippen LogP) is 4.73. The van der Waals surface area contributed by atoms with E-state index in [0.29, 0.717) is 30.6 Å². The van der Waals surface area contributed by atoms with Crippen LogP contribution in [0.5, 0.6) is 5.75 Å². The van der Waals surface area contributed by atoms with E-state index in [9.17, 15) is 9.59 Å². The molecule has 1 saturated carbocycles. The molecule has 1 fully saturated rings. The highest BCUT2D eigenvalue weighted by Crippen LogP contribution is 2.47. The molecule has 6 nitrogen and oxygen atoms in total. The van der Waals surface area contributed by atoms with Crippen molar-refractivity contribution >= 4 is 17.7 Å². The minimum Gasteiger partial charge on any atom is -0.486 e. The Morgan fingerprint density at radius 3 is 2.53 bits per heavy atom. The van der Waals surface area contributed by atoms with E-state index in [4.69, 9.17) is 4.74 Å². The third-order valence-electron chi connectivity index (χ3n) is 8.79. The number of benzene rings is 1. The number of thioether (sulfide) groups is 1. The molecule has 3 heterocycles. The molecule has 0 spiro atoms. The Kier molecular flexibility index (Phi) is 6.75. The summed E-state index contributed by atoms with van der Waals surface area (Å²) in [5.41, 5.74) is 5.31. The second-order valence-corrected chi connectivity index (χ2v) is 12.2. The van der Waals surface area contributed by atoms with E-state index in [1.54, 1.807) is 11.8 Å². The van der Waals surface area contributed by atoms with Crippen LogP contribution in [0.25, 0.3) is 0 Å². The van der Waals surface area contributed by atoms with Crippen LogP contribution in [0.4, 0.5) is 0 Å². The fourth-order valence-corrected chi connectivity index (χ4v) is 7.36. The van der Waals surface area contributed by atoms with Gasteiger partial charge in [-0.3, -0.25) is 9.59 Å². The zero-order valence-corrected chi connectivity index (χ0v) is 23.3. The number of aryl methyl sites for hydroxylation is 1. The van der Waals surface area contributed by atoms with Crippen LogP contribution in [0.1, 0.15) is 70.9 Å². The first-order valence-electron chi connectivity index (χ1n) is 13.2. The van der Waals surface area contributed by atoms with Crippen molar-refractivity contribution in [2.75, 3.05) is 26.9 Å². The Morgan fingerprint density at radius 1 is 1.14 bits per heavy atom. The lowest BCUT2D eigenvalue weighted by Gasteiger charge is -2.40. The number of rotatable bonds is 5. The molecular formula is C29H39N3O3S. The van der Waals surface area contributed by atoms with Crippen LogP contribution >= 0.6 is 11.8 Å². The maximum atomic E-state index is 13.7. The van der Waals surface area contributed by atoms with Gasteiger partial charge in [-0.1, -0.05) is 6.07 Å². The van der Waals surface area contributed by atoms with E-state index in [0.717, 1.165) is 45.9 Å². The lowest BCUT2D eigenvalue weighted by atomic mass is 9.74. The average molecular weight is 510 g/mol. The normalized spacial score (nSPS) is 25.6. The quantitative estimate of drug-likeness (QED) is 0.591. The van der Waals surface area contributed by atoms with Crippen molar-refractivity contribution in [1.29, 1.82) is 0 Å². The van der Waals surface area contributed by atoms with Gasteiger partial charge in [0.25, 0.3) is 11.5 Å². The minimum absolute atomic E-state index is 0.00673. The molecule has 5 rings (SSSR count). The number of amides is 1. The van der Waals surface area contributed by atoms with Crippen LogP contribution in [0, 0.1) is 19.8 Å². The second kappa shape index (κ2) is 9.56. The SMILES string of the molecule is CSc1cc(C)[nH]c(=O)c1CN1CCc2cc3c(c(C)c2C1=O)O[C@](C)(C1CCC(N(C)C)CC1)C3. The number of pyridine rings is 1. The first-order chi connectivity index (χ1) is 17.1. The average Bonchev–Trinajstić information content (AvgIpc) is 3.19. The van der Waals surface area contributed by atoms with Gasteiger partial charge in [-0.05, 0) is 96.3 Å². The van der Waals surface area contributed by atoms with Crippen LogP contribution in [0.2, 0.25) is 0 Å². The molecule has 3 aliphatic rings. The molecule has 1 aromatic heterocycles. The largest absolute Gasteiger partial charge is 0.486 e. The summed E-state index contributed by atoms with van der Waals surface area (Å²) in [6.07, 6.45) is 8.49. The van der Waals surface area contributed by atoms with Gasteiger partial charge in [0.1, 0.15) is 11.4 Å². The number of H-pyrrole nitrogens is 1. The standard InChI is InChI=1S/C29H39N3O3S/c1-17-13-24(36-6)23(27(33)30-17)16-32-12-11-19-14-20-15-29(3,21-7-9-22(10-8-21)31(4)5)35-26(20)18(2)25(19)28(32)34/h13-14,21-22H,7-12,15-16H2,1-6H3,(H,30,33)/t21?,22?,29-/m0/s1. The van der Waals surface area contributed by atoms with Crippen molar-refractivity contribution in [1.82, 2.24) is 14.8 Å². The van der Waals surface area contributed by atoms with E-state index in [1.165, 1.54) is 31.2 Å². The number of aromatic nitrogens is 1. The molecule has 0 saturated heterocycles. The Hall–Kier alpha value is -2.25. The van der Waals surface area contributed by atoms with Crippen molar-refractivity contribution in [3.05, 3.63) is 56.0 Å². The molecule has 1 amide bonds. The van der Waals surface area contributed by atoms with E-state index in [-0.39, 0.29) is 17.1 Å². The van der Waals surface area contributed by atoms with Gasteiger partial charge in [0, 0.05) is 40.7 Å². The number of fused-ring (bicyclic) bond motifs is 2. The van der Waals surface area contributed by atoms with Crippen LogP contribution in [0.15, 0.2) is 21.8 Å². The summed E-state index contributed by atoms with van der Waals surface area (Å²) in [6, 6.07) is 4.89. The highest BCUT2D eigenvalue weighted by molar-refractivity contribution is 7.98. The summed E-state index contributed by atoms with van der Waals surface area (Å²) in [7, 11) is 4.36. The van der Waals surface area contributed by atoms with Gasteiger partial charge < -0.3 is 19.5 Å². The summed E-state index contributed by atoms with van der Waals surface area (Å²) in [4.78, 5) is 34.5. The van der Waals surface area contributed by atoms with Crippen LogP contribution in [-0.4, -0.2) is 59.2 Å². The number of ether oxygens (including phenoxy) is 1. The van der Waals surface area contributed by atoms with Gasteiger partial charge in [-0.25, -0.2) is 0 Å². The fourth-order valence-electron chi connectivity index (χ4n) is 6.66. The Bertz CT molecular complexity index is 1250. The van der Waals surface area contributed by atoms with Crippen LogP contribution in [0.3, 0.4) is 0 Å². The molecule has 0 radical (unpaired) electrons. The number of carbonyl (C=O) groups is 1. The van der Waals surface area contributed by atoms with Crippen molar-refractivity contribution in [3.63, 3.8) is 0 Å². The molecule has 1 N–H and O–H groups in total. The second-order valence-electron chi connectivity index (χ2n) is 11.4. The summed E-state index contributed by atoms with van der Waals surface area (Å²) in [6.45, 7) is 7.15. The van der Waals surface area contributed by atoms with Gasteiger partial charge in [0.2, 0.25) is 0 Å². The number of hydrogen-bond donors (Lipinski definition) is 1. The number of carbonyl (C=O) groups excluding carboxylic acids is 1. The summed E-state index contributed by atoms with van der Waals surface area (Å²) in [5, 5.41) is 0. The number of nitrogens with zero attached hydrogens (tertiary/aromatic N) is 2. The van der Waals surface area contributed by atoms with Gasteiger partial charge in [-0.15, -0.1) is 11.8 Å². The molecule has 0 unspecified atom stereocenters. The maximum Gasteiger partial charge on any atom is 0.254 e. The molecule has 1 atom stereocenters. The number of hydrogen-bond acceptors (Lipinski definition) is 5. The lowest BCUT2D eigenvalue weighted by Crippen LogP contribution is -2.44. The van der Waals surface area contributed by atoms with Gasteiger partial charge in [-0.2, -0.15) is 0 Å². The summed E-state index contributed by atoms with van der Waals surface area (Å²) >= 11 is 1.55. The molecule has 7 heteroatoms. The highest BCUT2D eigenvalue weighted by Gasteiger charge is 2.45. The van der Waals surface area contributed by atoms with Gasteiger partial charge in [0.05, 0.1) is 12.1 Å². The third-order valence-corrected chi connectivity index (χ3v) is 9.60. The molecule has 0 bridgehead atoms. The Labute approximate surface area is 218 Å². The molecule has 2 aromatic rings. The molecule has 2 aliphatic heterocycles. The smallest absolute Gasteiger partial charge is 0.254 e. The van der Waals surface area contributed by atoms with Crippen molar-refractivity contribution in [2.45, 2.75) is 82.4 Å². The first kappa shape index (κ1) is 25.4. The topological polar surface area (TPSA) is 65.6 Å². The summed E-state index contributed by atoms with van der Waals surface area (Å²) in [5.74, 6) is 1.45. The maximum absolute atomic E-state index is 13.7. The van der Waals surface area contributed by atoms with Gasteiger partial charge in [0.15, 0.2) is 0 Å². The Balaban J connectivity index is 1.39. The van der Waals surface area contributed by atoms with Crippen molar-refractivity contribution < 1.29 is 9.53 Å². The number of aromatic amines is 1. The van der Waals surface area contributed by atoms with Crippen LogP contribution in [-0.2, 0) is 19.4 Å². The molecule has 1 aromatic carbocycles. The highest BCUT2D eigenvalue weighted by atomic mass is 32.2. The molecule has 1 aliphatic carbocycles. The predicted molar refractivity (Wildman–Crippen MR) is 145 cm³/mol. The van der Waals surface area contributed by atoms with Crippen LogP contribution < -0.4 is 10.3 Å². The molecule has 36 heavy (non-hydrogen) atoms. The zero-order valence-electron chi connectivity index (χ0n) is 22.5. The monoisotopic (exact) mass is 509 g/mol. The summed E-state index contributed by atoms with van der Waals surface area (Å²) < 4.78 is 6.75. The molecular weight excluding hydrogens is 470 g/mol. The van der Waals surface area contributed by atoms with E-state index < -0.39 is 0 Å². The lowest BCUT2D eigenvalue weighted by molar-refractivity contribution is 0.0158. The van der Waals surface area contributed by atoms with Gasteiger partial charge >= 0.3 is 0 Å². The van der Waals surface area contributed by atoms with E-state index >= 15 is 0 Å². The number of nitrogens with one attached hydrogen (secondary N) is 1. The minimum atomic E-state index is -0.209. The van der Waals surface area contributed by atoms with Crippen molar-refractivity contribution in [3.8, 4) is 5.75 Å². The van der Waals surface area contributed by atoms with Crippen molar-refractivity contribution in [2.24, 2.45) is 5.92 Å². The molecule has 194 valence electrons. The van der Waals surface area contributed by atoms with E-state index in [2.05, 4.69) is 37.0 Å². The van der Waals surface area contributed by atoms with E-state index in [1.807, 2.05) is 31.1 Å².